The lowest BCUT2D eigenvalue weighted by Crippen LogP contribution is -2.15. The van der Waals surface area contributed by atoms with Crippen LogP contribution in [0.5, 0.6) is 0 Å². The standard InChI is InChI=1S/C18H24N2OS/c1-7-14-11(4)22-17(20-14)12(9-19)16(21)15-13(8-10(2)3)18(15,5)6/h8,12-13,15H,7H2,1-6H3. The first-order valence-corrected chi connectivity index (χ1v) is 8.60. The Morgan fingerprint density at radius 2 is 2.14 bits per heavy atom. The summed E-state index contributed by atoms with van der Waals surface area (Å²) in [4.78, 5) is 18.5. The molecule has 1 aliphatic rings. The quantitative estimate of drug-likeness (QED) is 0.755. The number of aromatic nitrogens is 1. The molecule has 1 aliphatic carbocycles. The molecule has 3 nitrogen and oxygen atoms in total. The molecule has 0 aliphatic heterocycles. The Kier molecular flexibility index (Phi) is 4.58. The third-order valence-electron chi connectivity index (χ3n) is 4.63. The minimum absolute atomic E-state index is 0.0337. The second-order valence-corrected chi connectivity index (χ2v) is 8.18. The average Bonchev–Trinajstić information content (AvgIpc) is 2.77. The van der Waals surface area contributed by atoms with Gasteiger partial charge in [0, 0.05) is 10.8 Å². The summed E-state index contributed by atoms with van der Waals surface area (Å²) < 4.78 is 0. The maximum Gasteiger partial charge on any atom is 0.161 e. The molecule has 2 rings (SSSR count). The van der Waals surface area contributed by atoms with Crippen molar-refractivity contribution in [2.24, 2.45) is 17.3 Å². The number of allylic oxidation sites excluding steroid dienone is 2. The predicted octanol–water partition coefficient (Wildman–Crippen LogP) is 4.43. The number of Topliss-reactive ketones (excluding diaryl/α,β-unsaturated/α-hetero) is 1. The Balaban J connectivity index is 2.27. The van der Waals surface area contributed by atoms with E-state index in [4.69, 9.17) is 0 Å². The van der Waals surface area contributed by atoms with Crippen LogP contribution in [0.15, 0.2) is 11.6 Å². The van der Waals surface area contributed by atoms with Gasteiger partial charge in [0.25, 0.3) is 0 Å². The summed E-state index contributed by atoms with van der Waals surface area (Å²) in [5.41, 5.74) is 2.17. The van der Waals surface area contributed by atoms with E-state index in [-0.39, 0.29) is 23.0 Å². The fourth-order valence-electron chi connectivity index (χ4n) is 3.21. The summed E-state index contributed by atoms with van der Waals surface area (Å²) in [5, 5.41) is 10.2. The van der Waals surface area contributed by atoms with Gasteiger partial charge >= 0.3 is 0 Å². The molecule has 0 bridgehead atoms. The summed E-state index contributed by atoms with van der Waals surface area (Å²) in [5.74, 6) is -0.510. The third kappa shape index (κ3) is 2.87. The summed E-state index contributed by atoms with van der Waals surface area (Å²) in [7, 11) is 0. The fraction of sp³-hybridized carbons (Fsp3) is 0.611. The Hall–Kier alpha value is -1.47. The molecule has 0 N–H and O–H groups in total. The van der Waals surface area contributed by atoms with E-state index < -0.39 is 5.92 Å². The molecule has 0 aromatic carbocycles. The minimum atomic E-state index is -0.719. The monoisotopic (exact) mass is 316 g/mol. The Morgan fingerprint density at radius 3 is 2.59 bits per heavy atom. The van der Waals surface area contributed by atoms with Crippen molar-refractivity contribution in [1.82, 2.24) is 4.98 Å². The topological polar surface area (TPSA) is 53.8 Å². The summed E-state index contributed by atoms with van der Waals surface area (Å²) in [6, 6.07) is 2.19. The number of nitrogens with zero attached hydrogens (tertiary/aromatic N) is 2. The van der Waals surface area contributed by atoms with Gasteiger partial charge in [-0.1, -0.05) is 32.4 Å². The van der Waals surface area contributed by atoms with Gasteiger partial charge in [0.1, 0.15) is 5.01 Å². The first-order chi connectivity index (χ1) is 10.2. The van der Waals surface area contributed by atoms with Crippen LogP contribution >= 0.6 is 11.3 Å². The SMILES string of the molecule is CCc1nc(C(C#N)C(=O)C2C(C=C(C)C)C2(C)C)sc1C. The Bertz CT molecular complexity index is 659. The van der Waals surface area contributed by atoms with Gasteiger partial charge in [0.15, 0.2) is 11.7 Å². The molecule has 1 aromatic rings. The number of thiazole rings is 1. The molecule has 1 heterocycles. The largest absolute Gasteiger partial charge is 0.297 e. The number of hydrogen-bond acceptors (Lipinski definition) is 4. The van der Waals surface area contributed by atoms with Gasteiger partial charge in [0.05, 0.1) is 11.8 Å². The van der Waals surface area contributed by atoms with Crippen LogP contribution in [0.1, 0.15) is 56.1 Å². The van der Waals surface area contributed by atoms with E-state index in [9.17, 15) is 10.1 Å². The number of nitriles is 1. The van der Waals surface area contributed by atoms with E-state index in [1.165, 1.54) is 16.9 Å². The van der Waals surface area contributed by atoms with E-state index in [0.29, 0.717) is 5.01 Å². The van der Waals surface area contributed by atoms with Crippen molar-refractivity contribution < 1.29 is 4.79 Å². The molecule has 1 fully saturated rings. The van der Waals surface area contributed by atoms with Gasteiger partial charge in [-0.25, -0.2) is 4.98 Å². The van der Waals surface area contributed by atoms with Crippen LogP contribution in [0, 0.1) is 35.5 Å². The minimum Gasteiger partial charge on any atom is -0.297 e. The highest BCUT2D eigenvalue weighted by molar-refractivity contribution is 7.11. The second-order valence-electron chi connectivity index (χ2n) is 6.94. The molecule has 118 valence electrons. The van der Waals surface area contributed by atoms with Crippen molar-refractivity contribution >= 4 is 17.1 Å². The molecule has 3 atom stereocenters. The van der Waals surface area contributed by atoms with Crippen molar-refractivity contribution in [2.45, 2.75) is 53.9 Å². The number of aryl methyl sites for hydroxylation is 2. The highest BCUT2D eigenvalue weighted by atomic mass is 32.1. The zero-order valence-electron chi connectivity index (χ0n) is 14.2. The zero-order chi connectivity index (χ0) is 16.7. The summed E-state index contributed by atoms with van der Waals surface area (Å²) in [6.07, 6.45) is 3.01. The first kappa shape index (κ1) is 16.9. The normalized spacial score (nSPS) is 23.5. The van der Waals surface area contributed by atoms with Gasteiger partial charge in [-0.05, 0) is 38.5 Å². The highest BCUT2D eigenvalue weighted by Gasteiger charge is 2.61. The van der Waals surface area contributed by atoms with E-state index >= 15 is 0 Å². The molecule has 22 heavy (non-hydrogen) atoms. The van der Waals surface area contributed by atoms with Crippen molar-refractivity contribution in [2.75, 3.05) is 0 Å². The number of carbonyl (C=O) groups is 1. The molecular weight excluding hydrogens is 292 g/mol. The van der Waals surface area contributed by atoms with Crippen molar-refractivity contribution in [3.63, 3.8) is 0 Å². The van der Waals surface area contributed by atoms with Gasteiger partial charge < -0.3 is 0 Å². The lowest BCUT2D eigenvalue weighted by molar-refractivity contribution is -0.121. The van der Waals surface area contributed by atoms with Crippen molar-refractivity contribution in [3.05, 3.63) is 27.2 Å². The van der Waals surface area contributed by atoms with Crippen LogP contribution < -0.4 is 0 Å². The van der Waals surface area contributed by atoms with Crippen LogP contribution in [0.3, 0.4) is 0 Å². The maximum absolute atomic E-state index is 12.9. The molecule has 1 saturated carbocycles. The molecule has 0 saturated heterocycles. The molecule has 1 aromatic heterocycles. The summed E-state index contributed by atoms with van der Waals surface area (Å²) in [6.45, 7) is 12.4. The van der Waals surface area contributed by atoms with Gasteiger partial charge in [0.2, 0.25) is 0 Å². The van der Waals surface area contributed by atoms with Crippen LogP contribution in [0.2, 0.25) is 0 Å². The highest BCUT2D eigenvalue weighted by Crippen LogP contribution is 2.61. The van der Waals surface area contributed by atoms with Crippen molar-refractivity contribution in [1.29, 1.82) is 5.26 Å². The number of ketones is 1. The summed E-state index contributed by atoms with van der Waals surface area (Å²) >= 11 is 1.49. The maximum atomic E-state index is 12.9. The van der Waals surface area contributed by atoms with E-state index in [1.54, 1.807) is 0 Å². The fourth-order valence-corrected chi connectivity index (χ4v) is 4.28. The van der Waals surface area contributed by atoms with Crippen LogP contribution in [-0.2, 0) is 11.2 Å². The number of carbonyl (C=O) groups excluding carboxylic acids is 1. The zero-order valence-corrected chi connectivity index (χ0v) is 15.0. The van der Waals surface area contributed by atoms with Crippen LogP contribution in [-0.4, -0.2) is 10.8 Å². The molecule has 0 amide bonds. The predicted molar refractivity (Wildman–Crippen MR) is 89.8 cm³/mol. The third-order valence-corrected chi connectivity index (χ3v) is 5.71. The van der Waals surface area contributed by atoms with Gasteiger partial charge in [-0.3, -0.25) is 4.79 Å². The molecular formula is C18H24N2OS. The Morgan fingerprint density at radius 1 is 1.50 bits per heavy atom. The van der Waals surface area contributed by atoms with Gasteiger partial charge in [-0.15, -0.1) is 11.3 Å². The van der Waals surface area contributed by atoms with Crippen LogP contribution in [0.25, 0.3) is 0 Å². The Labute approximate surface area is 137 Å². The lowest BCUT2D eigenvalue weighted by atomic mass is 9.98. The first-order valence-electron chi connectivity index (χ1n) is 7.78. The van der Waals surface area contributed by atoms with Gasteiger partial charge in [-0.2, -0.15) is 5.26 Å². The van der Waals surface area contributed by atoms with Crippen LogP contribution in [0.4, 0.5) is 0 Å². The molecule has 0 spiro atoms. The molecule has 4 heteroatoms. The van der Waals surface area contributed by atoms with E-state index in [2.05, 4.69) is 44.8 Å². The smallest absolute Gasteiger partial charge is 0.161 e. The van der Waals surface area contributed by atoms with Crippen molar-refractivity contribution in [3.8, 4) is 6.07 Å². The second kappa shape index (κ2) is 5.96. The number of rotatable bonds is 5. The lowest BCUT2D eigenvalue weighted by Gasteiger charge is -2.06. The van der Waals surface area contributed by atoms with E-state index in [0.717, 1.165) is 17.0 Å². The molecule has 3 unspecified atom stereocenters. The average molecular weight is 316 g/mol. The number of hydrogen-bond donors (Lipinski definition) is 0. The van der Waals surface area contributed by atoms with E-state index in [1.807, 2.05) is 13.8 Å². The molecule has 0 radical (unpaired) electrons.